The Balaban J connectivity index is 1.84. The molecule has 1 heterocycles. The molecule has 0 bridgehead atoms. The highest BCUT2D eigenvalue weighted by Crippen LogP contribution is 2.07. The van der Waals surface area contributed by atoms with Crippen LogP contribution in [0.25, 0.3) is 0 Å². The fraction of sp³-hybridized carbons (Fsp3) is 0.417. The van der Waals surface area contributed by atoms with E-state index < -0.39 is 0 Å². The van der Waals surface area contributed by atoms with Crippen LogP contribution in [0.15, 0.2) is 24.3 Å². The molecule has 0 spiro atoms. The summed E-state index contributed by atoms with van der Waals surface area (Å²) in [6.45, 7) is 1.48. The number of anilines is 1. The molecule has 1 aliphatic heterocycles. The zero-order valence-corrected chi connectivity index (χ0v) is 9.20. The summed E-state index contributed by atoms with van der Waals surface area (Å²) in [5.41, 5.74) is 7.42. The van der Waals surface area contributed by atoms with Gasteiger partial charge in [0.15, 0.2) is 0 Å². The van der Waals surface area contributed by atoms with Crippen LogP contribution in [0.2, 0.25) is 0 Å². The second kappa shape index (κ2) is 4.99. The molecule has 0 aliphatic carbocycles. The average molecular weight is 219 g/mol. The number of amides is 1. The second-order valence-electron chi connectivity index (χ2n) is 4.11. The summed E-state index contributed by atoms with van der Waals surface area (Å²) in [6.07, 6.45) is 2.01. The van der Waals surface area contributed by atoms with Crippen molar-refractivity contribution in [2.75, 3.05) is 12.3 Å². The molecule has 4 heteroatoms. The highest BCUT2D eigenvalue weighted by molar-refractivity contribution is 5.81. The Hall–Kier alpha value is -1.55. The van der Waals surface area contributed by atoms with E-state index in [-0.39, 0.29) is 11.9 Å². The largest absolute Gasteiger partial charge is 0.399 e. The van der Waals surface area contributed by atoms with E-state index in [0.717, 1.165) is 30.6 Å². The van der Waals surface area contributed by atoms with Crippen molar-refractivity contribution in [1.82, 2.24) is 10.6 Å². The number of nitrogens with one attached hydrogen (secondary N) is 2. The van der Waals surface area contributed by atoms with E-state index in [1.165, 1.54) is 0 Å². The van der Waals surface area contributed by atoms with Gasteiger partial charge in [-0.15, -0.1) is 0 Å². The standard InChI is InChI=1S/C12H17N3O/c13-10-4-1-3-9(7-10)8-15-12(16)11-5-2-6-14-11/h1,3-4,7,11,14H,2,5-6,8,13H2,(H,15,16). The van der Waals surface area contributed by atoms with Crippen molar-refractivity contribution in [2.24, 2.45) is 0 Å². The van der Waals surface area contributed by atoms with Crippen molar-refractivity contribution < 1.29 is 4.79 Å². The minimum atomic E-state index is -0.0129. The number of carbonyl (C=O) groups is 1. The highest BCUT2D eigenvalue weighted by Gasteiger charge is 2.21. The lowest BCUT2D eigenvalue weighted by molar-refractivity contribution is -0.122. The van der Waals surface area contributed by atoms with Gasteiger partial charge >= 0.3 is 0 Å². The van der Waals surface area contributed by atoms with Gasteiger partial charge in [-0.25, -0.2) is 0 Å². The van der Waals surface area contributed by atoms with Gasteiger partial charge in [-0.1, -0.05) is 12.1 Å². The van der Waals surface area contributed by atoms with Crippen LogP contribution in [0.5, 0.6) is 0 Å². The van der Waals surface area contributed by atoms with Crippen LogP contribution >= 0.6 is 0 Å². The molecule has 1 unspecified atom stereocenters. The average Bonchev–Trinajstić information content (AvgIpc) is 2.79. The fourth-order valence-corrected chi connectivity index (χ4v) is 1.92. The van der Waals surface area contributed by atoms with Crippen molar-refractivity contribution in [2.45, 2.75) is 25.4 Å². The Labute approximate surface area is 95.2 Å². The van der Waals surface area contributed by atoms with Crippen molar-refractivity contribution in [3.63, 3.8) is 0 Å². The van der Waals surface area contributed by atoms with Crippen molar-refractivity contribution in [3.05, 3.63) is 29.8 Å². The van der Waals surface area contributed by atoms with E-state index in [1.54, 1.807) is 0 Å². The van der Waals surface area contributed by atoms with Crippen molar-refractivity contribution >= 4 is 11.6 Å². The van der Waals surface area contributed by atoms with Crippen LogP contribution in [-0.4, -0.2) is 18.5 Å². The van der Waals surface area contributed by atoms with Crippen LogP contribution in [-0.2, 0) is 11.3 Å². The van der Waals surface area contributed by atoms with Crippen molar-refractivity contribution in [3.8, 4) is 0 Å². The van der Waals surface area contributed by atoms with Gasteiger partial charge in [0.25, 0.3) is 0 Å². The van der Waals surface area contributed by atoms with Gasteiger partial charge in [-0.3, -0.25) is 4.79 Å². The van der Waals surface area contributed by atoms with Crippen molar-refractivity contribution in [1.29, 1.82) is 0 Å². The summed E-state index contributed by atoms with van der Waals surface area (Å²) < 4.78 is 0. The molecule has 1 atom stereocenters. The summed E-state index contributed by atoms with van der Waals surface area (Å²) in [5.74, 6) is 0.0833. The molecule has 0 saturated carbocycles. The quantitative estimate of drug-likeness (QED) is 0.653. The molecule has 4 N–H and O–H groups in total. The minimum Gasteiger partial charge on any atom is -0.399 e. The van der Waals surface area contributed by atoms with Crippen LogP contribution in [0.1, 0.15) is 18.4 Å². The Kier molecular flexibility index (Phi) is 3.41. The summed E-state index contributed by atoms with van der Waals surface area (Å²) in [6, 6.07) is 7.55. The number of nitrogen functional groups attached to an aromatic ring is 1. The Morgan fingerprint density at radius 3 is 3.12 bits per heavy atom. The van der Waals surface area contributed by atoms with Crippen LogP contribution < -0.4 is 16.4 Å². The normalized spacial score (nSPS) is 19.6. The van der Waals surface area contributed by atoms with E-state index in [1.807, 2.05) is 24.3 Å². The number of hydrogen-bond acceptors (Lipinski definition) is 3. The van der Waals surface area contributed by atoms with Crippen LogP contribution in [0.4, 0.5) is 5.69 Å². The number of hydrogen-bond donors (Lipinski definition) is 3. The zero-order chi connectivity index (χ0) is 11.4. The van der Waals surface area contributed by atoms with E-state index in [4.69, 9.17) is 5.73 Å². The monoisotopic (exact) mass is 219 g/mol. The lowest BCUT2D eigenvalue weighted by atomic mass is 10.2. The maximum atomic E-state index is 11.7. The van der Waals surface area contributed by atoms with Gasteiger partial charge in [0.2, 0.25) is 5.91 Å². The number of rotatable bonds is 3. The summed E-state index contributed by atoms with van der Waals surface area (Å²) in [5, 5.41) is 6.08. The molecule has 1 fully saturated rings. The van der Waals surface area contributed by atoms with Gasteiger partial charge in [0.1, 0.15) is 0 Å². The maximum absolute atomic E-state index is 11.7. The third kappa shape index (κ3) is 2.73. The summed E-state index contributed by atoms with van der Waals surface area (Å²) >= 11 is 0. The first-order chi connectivity index (χ1) is 7.75. The van der Waals surface area contributed by atoms with Crippen LogP contribution in [0, 0.1) is 0 Å². The maximum Gasteiger partial charge on any atom is 0.237 e. The SMILES string of the molecule is Nc1cccc(CNC(=O)C2CCCN2)c1. The first-order valence-corrected chi connectivity index (χ1v) is 5.61. The molecule has 86 valence electrons. The smallest absolute Gasteiger partial charge is 0.237 e. The molecule has 1 aromatic rings. The van der Waals surface area contributed by atoms with Gasteiger partial charge in [-0.05, 0) is 37.1 Å². The van der Waals surface area contributed by atoms with E-state index >= 15 is 0 Å². The molecular formula is C12H17N3O. The molecule has 1 aliphatic rings. The third-order valence-corrected chi connectivity index (χ3v) is 2.79. The lowest BCUT2D eigenvalue weighted by Gasteiger charge is -2.11. The third-order valence-electron chi connectivity index (χ3n) is 2.79. The molecule has 16 heavy (non-hydrogen) atoms. The lowest BCUT2D eigenvalue weighted by Crippen LogP contribution is -2.39. The second-order valence-corrected chi connectivity index (χ2v) is 4.11. The zero-order valence-electron chi connectivity index (χ0n) is 9.20. The van der Waals surface area contributed by atoms with Gasteiger partial charge in [0.05, 0.1) is 6.04 Å². The van der Waals surface area contributed by atoms with Crippen LogP contribution in [0.3, 0.4) is 0 Å². The predicted octanol–water partition coefficient (Wildman–Crippen LogP) is 0.637. The Morgan fingerprint density at radius 1 is 1.56 bits per heavy atom. The molecule has 0 aromatic heterocycles. The predicted molar refractivity (Wildman–Crippen MR) is 63.7 cm³/mol. The molecule has 0 radical (unpaired) electrons. The molecular weight excluding hydrogens is 202 g/mol. The van der Waals surface area contributed by atoms with E-state index in [0.29, 0.717) is 6.54 Å². The first-order valence-electron chi connectivity index (χ1n) is 5.61. The van der Waals surface area contributed by atoms with E-state index in [9.17, 15) is 4.79 Å². The molecule has 1 saturated heterocycles. The van der Waals surface area contributed by atoms with Gasteiger partial charge in [-0.2, -0.15) is 0 Å². The topological polar surface area (TPSA) is 67.1 Å². The number of nitrogens with two attached hydrogens (primary N) is 1. The van der Waals surface area contributed by atoms with Gasteiger partial charge in [0, 0.05) is 12.2 Å². The van der Waals surface area contributed by atoms with E-state index in [2.05, 4.69) is 10.6 Å². The number of benzene rings is 1. The molecule has 1 amide bonds. The number of carbonyl (C=O) groups excluding carboxylic acids is 1. The Bertz CT molecular complexity index is 372. The summed E-state index contributed by atoms with van der Waals surface area (Å²) in [7, 11) is 0. The molecule has 2 rings (SSSR count). The van der Waals surface area contributed by atoms with Gasteiger partial charge < -0.3 is 16.4 Å². The minimum absolute atomic E-state index is 0.0129. The highest BCUT2D eigenvalue weighted by atomic mass is 16.2. The fourth-order valence-electron chi connectivity index (χ4n) is 1.92. The Morgan fingerprint density at radius 2 is 2.44 bits per heavy atom. The molecule has 4 nitrogen and oxygen atoms in total. The molecule has 1 aromatic carbocycles. The first kappa shape index (κ1) is 11.0. The summed E-state index contributed by atoms with van der Waals surface area (Å²) in [4.78, 5) is 11.7.